The van der Waals surface area contributed by atoms with Crippen molar-refractivity contribution in [3.63, 3.8) is 0 Å². The number of fused-ring (bicyclic) bond motifs is 1. The third-order valence-electron chi connectivity index (χ3n) is 5.12. The molecule has 0 saturated carbocycles. The molecule has 2 aromatic rings. The van der Waals surface area contributed by atoms with E-state index in [9.17, 15) is 4.79 Å². The molecule has 0 unspecified atom stereocenters. The minimum atomic E-state index is 0.202. The first-order chi connectivity index (χ1) is 11.8. The van der Waals surface area contributed by atoms with Gasteiger partial charge in [0.15, 0.2) is 0 Å². The summed E-state index contributed by atoms with van der Waals surface area (Å²) in [4.78, 5) is 15.7. The van der Waals surface area contributed by atoms with Gasteiger partial charge >= 0.3 is 0 Å². The van der Waals surface area contributed by atoms with E-state index in [0.29, 0.717) is 5.92 Å². The molecule has 1 saturated heterocycles. The van der Waals surface area contributed by atoms with Crippen LogP contribution in [0.3, 0.4) is 0 Å². The number of hydrogen-bond acceptors (Lipinski definition) is 5. The van der Waals surface area contributed by atoms with Crippen molar-refractivity contribution in [1.29, 1.82) is 0 Å². The van der Waals surface area contributed by atoms with E-state index >= 15 is 0 Å². The molecule has 0 aliphatic carbocycles. The first kappa shape index (κ1) is 15.8. The lowest BCUT2D eigenvalue weighted by Gasteiger charge is -2.32. The zero-order chi connectivity index (χ0) is 16.5. The van der Waals surface area contributed by atoms with Gasteiger partial charge in [0.05, 0.1) is 11.4 Å². The van der Waals surface area contributed by atoms with Crippen LogP contribution in [0.1, 0.15) is 52.6 Å². The number of rotatable bonds is 3. The first-order valence-corrected chi connectivity index (χ1v) is 9.64. The van der Waals surface area contributed by atoms with Crippen LogP contribution in [0.4, 0.5) is 0 Å². The molecule has 0 spiro atoms. The Balaban J connectivity index is 1.44. The van der Waals surface area contributed by atoms with Crippen molar-refractivity contribution >= 4 is 17.2 Å². The Morgan fingerprint density at radius 2 is 2.17 bits per heavy atom. The zero-order valence-corrected chi connectivity index (χ0v) is 14.8. The van der Waals surface area contributed by atoms with E-state index in [1.807, 2.05) is 10.3 Å². The Bertz CT molecular complexity index is 729. The average molecular weight is 345 g/mol. The number of aromatic nitrogens is 3. The molecule has 0 aromatic carbocycles. The van der Waals surface area contributed by atoms with Gasteiger partial charge in [0.1, 0.15) is 11.6 Å². The molecule has 4 heterocycles. The summed E-state index contributed by atoms with van der Waals surface area (Å²) in [7, 11) is 0. The second kappa shape index (κ2) is 6.64. The molecule has 4 rings (SSSR count). The topological polar surface area (TPSA) is 63.1 Å². The number of likely N-dealkylation sites (tertiary alicyclic amines) is 1. The summed E-state index contributed by atoms with van der Waals surface area (Å²) in [5.74, 6) is 2.78. The minimum absolute atomic E-state index is 0.202. The summed E-state index contributed by atoms with van der Waals surface area (Å²) in [6.07, 6.45) is 2.87. The van der Waals surface area contributed by atoms with Gasteiger partial charge in [0.25, 0.3) is 5.91 Å². The minimum Gasteiger partial charge on any atom is -0.338 e. The van der Waals surface area contributed by atoms with Crippen molar-refractivity contribution in [2.24, 2.45) is 0 Å². The summed E-state index contributed by atoms with van der Waals surface area (Å²) in [6.45, 7) is 6.46. The number of nitrogens with one attached hydrogen (secondary N) is 1. The van der Waals surface area contributed by atoms with Crippen LogP contribution < -0.4 is 5.32 Å². The van der Waals surface area contributed by atoms with Gasteiger partial charge < -0.3 is 14.8 Å². The second-order valence-corrected chi connectivity index (χ2v) is 7.41. The smallest absolute Gasteiger partial charge is 0.264 e. The van der Waals surface area contributed by atoms with E-state index in [0.717, 1.165) is 68.5 Å². The lowest BCUT2D eigenvalue weighted by atomic mass is 9.95. The van der Waals surface area contributed by atoms with E-state index in [2.05, 4.69) is 33.1 Å². The fourth-order valence-electron chi connectivity index (χ4n) is 3.70. The van der Waals surface area contributed by atoms with E-state index in [1.54, 1.807) is 11.3 Å². The van der Waals surface area contributed by atoms with Gasteiger partial charge in [-0.2, -0.15) is 0 Å². The Kier molecular flexibility index (Phi) is 4.37. The molecule has 2 aliphatic rings. The highest BCUT2D eigenvalue weighted by Gasteiger charge is 2.29. The van der Waals surface area contributed by atoms with Gasteiger partial charge in [-0.1, -0.05) is 6.92 Å². The number of nitrogens with zero attached hydrogens (tertiary/aromatic N) is 4. The highest BCUT2D eigenvalue weighted by atomic mass is 32.1. The number of carbonyl (C=O) groups excluding carboxylic acids is 1. The molecule has 128 valence electrons. The molecule has 6 nitrogen and oxygen atoms in total. The molecule has 24 heavy (non-hydrogen) atoms. The van der Waals surface area contributed by atoms with Gasteiger partial charge in [-0.05, 0) is 36.3 Å². The molecular formula is C17H23N5OS. The number of piperidine rings is 1. The molecule has 1 fully saturated rings. The number of thiophene rings is 1. The van der Waals surface area contributed by atoms with Crippen LogP contribution in [0.15, 0.2) is 11.4 Å². The maximum atomic E-state index is 12.8. The fraction of sp³-hybridized carbons (Fsp3) is 0.588. The number of amides is 1. The maximum absolute atomic E-state index is 12.8. The van der Waals surface area contributed by atoms with Crippen molar-refractivity contribution < 1.29 is 4.79 Å². The van der Waals surface area contributed by atoms with Crippen LogP contribution >= 0.6 is 11.3 Å². The molecule has 2 aliphatic heterocycles. The highest BCUT2D eigenvalue weighted by Crippen LogP contribution is 2.29. The predicted molar refractivity (Wildman–Crippen MR) is 93.3 cm³/mol. The maximum Gasteiger partial charge on any atom is 0.264 e. The lowest BCUT2D eigenvalue weighted by Crippen LogP contribution is -2.38. The van der Waals surface area contributed by atoms with E-state index in [-0.39, 0.29) is 5.91 Å². The van der Waals surface area contributed by atoms with Crippen LogP contribution in [0.5, 0.6) is 0 Å². The normalized spacial score (nSPS) is 18.6. The average Bonchev–Trinajstić information content (AvgIpc) is 3.28. The highest BCUT2D eigenvalue weighted by molar-refractivity contribution is 7.12. The van der Waals surface area contributed by atoms with Crippen LogP contribution in [0.2, 0.25) is 0 Å². The Labute approximate surface area is 145 Å². The summed E-state index contributed by atoms with van der Waals surface area (Å²) < 4.78 is 2.27. The second-order valence-electron chi connectivity index (χ2n) is 6.50. The lowest BCUT2D eigenvalue weighted by molar-refractivity contribution is 0.0714. The molecular weight excluding hydrogens is 322 g/mol. The predicted octanol–water partition coefficient (Wildman–Crippen LogP) is 2.03. The quantitative estimate of drug-likeness (QED) is 0.924. The molecule has 7 heteroatoms. The van der Waals surface area contributed by atoms with Crippen molar-refractivity contribution in [3.05, 3.63) is 33.5 Å². The largest absolute Gasteiger partial charge is 0.338 e. The van der Waals surface area contributed by atoms with E-state index < -0.39 is 0 Å². The van der Waals surface area contributed by atoms with Gasteiger partial charge in [-0.15, -0.1) is 21.5 Å². The van der Waals surface area contributed by atoms with Crippen LogP contribution in [0.25, 0.3) is 0 Å². The first-order valence-electron chi connectivity index (χ1n) is 8.76. The SMILES string of the molecule is CCc1ccsc1C(=O)N1CCC(c2nnc3n2CCNC3)CC1. The molecule has 0 bridgehead atoms. The summed E-state index contributed by atoms with van der Waals surface area (Å²) in [5, 5.41) is 14.1. The van der Waals surface area contributed by atoms with Crippen molar-refractivity contribution in [2.45, 2.75) is 45.2 Å². The Hall–Kier alpha value is -1.73. The van der Waals surface area contributed by atoms with Gasteiger partial charge in [0, 0.05) is 32.1 Å². The van der Waals surface area contributed by atoms with Crippen LogP contribution in [-0.4, -0.2) is 45.2 Å². The third-order valence-corrected chi connectivity index (χ3v) is 6.07. The summed E-state index contributed by atoms with van der Waals surface area (Å²) in [6, 6.07) is 2.07. The van der Waals surface area contributed by atoms with Gasteiger partial charge in [-0.25, -0.2) is 0 Å². The zero-order valence-electron chi connectivity index (χ0n) is 14.0. The van der Waals surface area contributed by atoms with Gasteiger partial charge in [0.2, 0.25) is 0 Å². The van der Waals surface area contributed by atoms with Crippen molar-refractivity contribution in [1.82, 2.24) is 25.0 Å². The summed E-state index contributed by atoms with van der Waals surface area (Å²) >= 11 is 1.57. The standard InChI is InChI=1S/C17H23N5OS/c1-2-12-5-10-24-15(12)17(23)21-7-3-13(4-8-21)16-20-19-14-11-18-6-9-22(14)16/h5,10,13,18H,2-4,6-9,11H2,1H3. The molecule has 1 amide bonds. The number of aryl methyl sites for hydroxylation is 1. The summed E-state index contributed by atoms with van der Waals surface area (Å²) in [5.41, 5.74) is 1.17. The van der Waals surface area contributed by atoms with Crippen LogP contribution in [0, 0.1) is 0 Å². The Morgan fingerprint density at radius 3 is 2.96 bits per heavy atom. The molecule has 0 radical (unpaired) electrons. The van der Waals surface area contributed by atoms with E-state index in [4.69, 9.17) is 0 Å². The molecule has 2 aromatic heterocycles. The van der Waals surface area contributed by atoms with E-state index in [1.165, 1.54) is 5.56 Å². The molecule has 0 atom stereocenters. The van der Waals surface area contributed by atoms with Gasteiger partial charge in [-0.3, -0.25) is 4.79 Å². The number of hydrogen-bond donors (Lipinski definition) is 1. The monoisotopic (exact) mass is 345 g/mol. The fourth-order valence-corrected chi connectivity index (χ4v) is 4.66. The number of carbonyl (C=O) groups is 1. The molecule has 1 N–H and O–H groups in total. The Morgan fingerprint density at radius 1 is 1.33 bits per heavy atom. The van der Waals surface area contributed by atoms with Crippen molar-refractivity contribution in [2.75, 3.05) is 19.6 Å². The third kappa shape index (κ3) is 2.75. The van der Waals surface area contributed by atoms with Crippen molar-refractivity contribution in [3.8, 4) is 0 Å². The van der Waals surface area contributed by atoms with Crippen LogP contribution in [-0.2, 0) is 19.5 Å².